The first-order chi connectivity index (χ1) is 10.4. The third kappa shape index (κ3) is 6.45. The number of carboxylic acids is 2. The number of amides is 1. The molecule has 0 radical (unpaired) electrons. The zero-order chi connectivity index (χ0) is 16.5. The van der Waals surface area contributed by atoms with Crippen LogP contribution < -0.4 is 10.1 Å². The molecule has 0 heterocycles. The summed E-state index contributed by atoms with van der Waals surface area (Å²) in [4.78, 5) is 33.0. The smallest absolute Gasteiger partial charge is 0.326 e. The van der Waals surface area contributed by atoms with E-state index < -0.39 is 23.9 Å². The summed E-state index contributed by atoms with van der Waals surface area (Å²) in [6, 6.07) is 5.52. The number of rotatable bonds is 9. The number of aliphatic carboxylic acids is 2. The second-order valence-electron chi connectivity index (χ2n) is 4.42. The van der Waals surface area contributed by atoms with Crippen molar-refractivity contribution < 1.29 is 29.3 Å². The highest BCUT2D eigenvalue weighted by Gasteiger charge is 2.20. The summed E-state index contributed by atoms with van der Waals surface area (Å²) in [5.74, 6) is -2.51. The molecule has 1 rings (SSSR count). The van der Waals surface area contributed by atoms with Crippen LogP contribution in [-0.2, 0) is 14.4 Å². The van der Waals surface area contributed by atoms with Gasteiger partial charge in [-0.05, 0) is 18.6 Å². The van der Waals surface area contributed by atoms with Crippen LogP contribution in [0.3, 0.4) is 0 Å². The fraction of sp³-hybridized carbons (Fsp3) is 0.357. The van der Waals surface area contributed by atoms with Gasteiger partial charge in [0.15, 0.2) is 0 Å². The van der Waals surface area contributed by atoms with Crippen LogP contribution >= 0.6 is 11.6 Å². The van der Waals surface area contributed by atoms with E-state index in [0.29, 0.717) is 10.8 Å². The highest BCUT2D eigenvalue weighted by atomic mass is 35.5. The lowest BCUT2D eigenvalue weighted by molar-refractivity contribution is -0.143. The Balaban J connectivity index is 2.39. The predicted molar refractivity (Wildman–Crippen MR) is 78.0 cm³/mol. The van der Waals surface area contributed by atoms with Gasteiger partial charge in [-0.25, -0.2) is 4.79 Å². The highest BCUT2D eigenvalue weighted by Crippen LogP contribution is 2.22. The fourth-order valence-electron chi connectivity index (χ4n) is 1.61. The second-order valence-corrected chi connectivity index (χ2v) is 4.83. The van der Waals surface area contributed by atoms with Crippen LogP contribution in [0, 0.1) is 0 Å². The van der Waals surface area contributed by atoms with Gasteiger partial charge in [0.2, 0.25) is 5.91 Å². The van der Waals surface area contributed by atoms with E-state index in [0.717, 1.165) is 0 Å². The molecule has 0 aliphatic carbocycles. The number of ether oxygens (including phenoxy) is 1. The predicted octanol–water partition coefficient (Wildman–Crippen LogP) is 1.54. The molecule has 0 aromatic heterocycles. The van der Waals surface area contributed by atoms with Gasteiger partial charge >= 0.3 is 11.9 Å². The lowest BCUT2D eigenvalue weighted by atomic mass is 10.1. The first-order valence-corrected chi connectivity index (χ1v) is 6.89. The fourth-order valence-corrected chi connectivity index (χ4v) is 1.80. The van der Waals surface area contributed by atoms with Gasteiger partial charge in [0.25, 0.3) is 0 Å². The molecule has 1 unspecified atom stereocenters. The number of benzene rings is 1. The summed E-state index contributed by atoms with van der Waals surface area (Å²) in [6.45, 7) is 0.0286. The topological polar surface area (TPSA) is 113 Å². The summed E-state index contributed by atoms with van der Waals surface area (Å²) in [6.07, 6.45) is -0.586. The Morgan fingerprint density at radius 1 is 1.18 bits per heavy atom. The standard InChI is InChI=1S/C14H16ClNO6/c15-9-3-1-2-4-11(9)22-8-7-12(17)16-10(14(20)21)5-6-13(18)19/h1-4,10H,5-8H2,(H,16,17)(H,18,19)(H,20,21). The van der Waals surface area contributed by atoms with Crippen molar-refractivity contribution in [3.63, 3.8) is 0 Å². The molecule has 1 atom stereocenters. The van der Waals surface area contributed by atoms with E-state index in [1.807, 2.05) is 0 Å². The first kappa shape index (κ1) is 17.8. The van der Waals surface area contributed by atoms with E-state index in [2.05, 4.69) is 5.32 Å². The zero-order valence-electron chi connectivity index (χ0n) is 11.6. The van der Waals surface area contributed by atoms with E-state index in [1.54, 1.807) is 24.3 Å². The molecule has 22 heavy (non-hydrogen) atoms. The Morgan fingerprint density at radius 2 is 1.86 bits per heavy atom. The second kappa shape index (κ2) is 8.89. The van der Waals surface area contributed by atoms with Gasteiger partial charge in [-0.2, -0.15) is 0 Å². The Kier molecular flexibility index (Phi) is 7.18. The van der Waals surface area contributed by atoms with Crippen molar-refractivity contribution in [1.82, 2.24) is 5.32 Å². The number of hydrogen-bond acceptors (Lipinski definition) is 4. The lowest BCUT2D eigenvalue weighted by Gasteiger charge is -2.14. The van der Waals surface area contributed by atoms with Crippen molar-refractivity contribution in [2.75, 3.05) is 6.61 Å². The summed E-state index contributed by atoms with van der Waals surface area (Å²) in [5, 5.41) is 20.1. The molecule has 1 aromatic rings. The third-order valence-electron chi connectivity index (χ3n) is 2.70. The molecule has 0 spiro atoms. The van der Waals surface area contributed by atoms with Gasteiger partial charge in [0.1, 0.15) is 11.8 Å². The van der Waals surface area contributed by atoms with Crippen LogP contribution in [0.1, 0.15) is 19.3 Å². The average Bonchev–Trinajstić information content (AvgIpc) is 2.45. The third-order valence-corrected chi connectivity index (χ3v) is 3.02. The van der Waals surface area contributed by atoms with E-state index in [4.69, 9.17) is 26.6 Å². The SMILES string of the molecule is O=C(O)CCC(NC(=O)CCOc1ccccc1Cl)C(=O)O. The molecule has 8 heteroatoms. The Bertz CT molecular complexity index is 548. The molecule has 0 aliphatic rings. The van der Waals surface area contributed by atoms with Crippen LogP contribution in [0.5, 0.6) is 5.75 Å². The van der Waals surface area contributed by atoms with Gasteiger partial charge in [0, 0.05) is 6.42 Å². The largest absolute Gasteiger partial charge is 0.491 e. The number of carbonyl (C=O) groups is 3. The summed E-state index contributed by atoms with van der Waals surface area (Å²) >= 11 is 5.88. The Labute approximate surface area is 131 Å². The number of hydrogen-bond donors (Lipinski definition) is 3. The number of carboxylic acid groups (broad SMARTS) is 2. The highest BCUT2D eigenvalue weighted by molar-refractivity contribution is 6.32. The maximum atomic E-state index is 11.6. The van der Waals surface area contributed by atoms with Crippen molar-refractivity contribution >= 4 is 29.4 Å². The molecule has 3 N–H and O–H groups in total. The normalized spacial score (nSPS) is 11.5. The number of para-hydroxylation sites is 1. The van der Waals surface area contributed by atoms with Gasteiger partial charge in [-0.15, -0.1) is 0 Å². The zero-order valence-corrected chi connectivity index (χ0v) is 12.4. The maximum absolute atomic E-state index is 11.6. The molecule has 1 aromatic carbocycles. The van der Waals surface area contributed by atoms with Crippen LogP contribution in [0.15, 0.2) is 24.3 Å². The van der Waals surface area contributed by atoms with Gasteiger partial charge in [0.05, 0.1) is 18.1 Å². The summed E-state index contributed by atoms with van der Waals surface area (Å²) < 4.78 is 5.31. The maximum Gasteiger partial charge on any atom is 0.326 e. The average molecular weight is 330 g/mol. The molecule has 120 valence electrons. The van der Waals surface area contributed by atoms with Gasteiger partial charge < -0.3 is 20.3 Å². The first-order valence-electron chi connectivity index (χ1n) is 6.51. The minimum absolute atomic E-state index is 0.0286. The molecule has 0 aliphatic heterocycles. The summed E-state index contributed by atoms with van der Waals surface area (Å²) in [7, 11) is 0. The molecule has 0 bridgehead atoms. The van der Waals surface area contributed by atoms with Gasteiger partial charge in [-0.1, -0.05) is 23.7 Å². The molecule has 0 saturated heterocycles. The van der Waals surface area contributed by atoms with Crippen molar-refractivity contribution in [3.05, 3.63) is 29.3 Å². The van der Waals surface area contributed by atoms with Crippen molar-refractivity contribution in [2.24, 2.45) is 0 Å². The molecule has 1 amide bonds. The van der Waals surface area contributed by atoms with E-state index >= 15 is 0 Å². The Hall–Kier alpha value is -2.28. The minimum atomic E-state index is -1.28. The Morgan fingerprint density at radius 3 is 2.45 bits per heavy atom. The van der Waals surface area contributed by atoms with Crippen LogP contribution in [0.25, 0.3) is 0 Å². The van der Waals surface area contributed by atoms with Crippen molar-refractivity contribution in [3.8, 4) is 5.75 Å². The van der Waals surface area contributed by atoms with Crippen molar-refractivity contribution in [1.29, 1.82) is 0 Å². The number of carbonyl (C=O) groups excluding carboxylic acids is 1. The number of nitrogens with one attached hydrogen (secondary N) is 1. The quantitative estimate of drug-likeness (QED) is 0.633. The molecule has 0 fully saturated rings. The molecular formula is C14H16ClNO6. The van der Waals surface area contributed by atoms with E-state index in [1.165, 1.54) is 0 Å². The molecular weight excluding hydrogens is 314 g/mol. The van der Waals surface area contributed by atoms with Crippen molar-refractivity contribution in [2.45, 2.75) is 25.3 Å². The van der Waals surface area contributed by atoms with Crippen LogP contribution in [0.4, 0.5) is 0 Å². The van der Waals surface area contributed by atoms with Crippen LogP contribution in [0.2, 0.25) is 5.02 Å². The van der Waals surface area contributed by atoms with E-state index in [9.17, 15) is 14.4 Å². The van der Waals surface area contributed by atoms with Crippen LogP contribution in [-0.4, -0.2) is 40.7 Å². The minimum Gasteiger partial charge on any atom is -0.491 e. The van der Waals surface area contributed by atoms with E-state index in [-0.39, 0.29) is 25.9 Å². The molecule has 7 nitrogen and oxygen atoms in total. The molecule has 0 saturated carbocycles. The van der Waals surface area contributed by atoms with Gasteiger partial charge in [-0.3, -0.25) is 9.59 Å². The monoisotopic (exact) mass is 329 g/mol. The number of halogens is 1. The summed E-state index contributed by atoms with van der Waals surface area (Å²) in [5.41, 5.74) is 0. The lowest BCUT2D eigenvalue weighted by Crippen LogP contribution is -2.41.